The number of ether oxygens (including phenoxy) is 2. The second-order valence-electron chi connectivity index (χ2n) is 8.84. The summed E-state index contributed by atoms with van der Waals surface area (Å²) in [4.78, 5) is 49.8. The Balaban J connectivity index is 2.44. The molecule has 0 spiro atoms. The fraction of sp³-hybridized carbons (Fsp3) is 0.826. The normalized spacial score (nSPS) is 18.4. The maximum atomic E-state index is 12.7. The minimum absolute atomic E-state index is 0.0817. The molecule has 1 saturated heterocycles. The topological polar surface area (TPSA) is 134 Å². The van der Waals surface area contributed by atoms with Crippen molar-refractivity contribution in [2.24, 2.45) is 0 Å². The Bertz CT molecular complexity index is 626. The van der Waals surface area contributed by atoms with Gasteiger partial charge in [-0.2, -0.15) is 0 Å². The predicted octanol–water partition coefficient (Wildman–Crippen LogP) is 2.15. The summed E-state index contributed by atoms with van der Waals surface area (Å²) >= 11 is 0. The molecule has 1 aliphatic heterocycles. The van der Waals surface area contributed by atoms with Crippen molar-refractivity contribution in [3.8, 4) is 0 Å². The number of likely N-dealkylation sites (tertiary alicyclic amines) is 1. The van der Waals surface area contributed by atoms with Crippen LogP contribution < -0.4 is 0 Å². The van der Waals surface area contributed by atoms with Crippen LogP contribution in [0, 0.1) is 0 Å². The van der Waals surface area contributed by atoms with Crippen LogP contribution in [0.15, 0.2) is 0 Å². The SMILES string of the molecule is CN(C)CCC(=O)OC1C[C@@H](C(=O)OCCCCCCCC(=O)O)N(CCCCC(=O)O)C1. The fourth-order valence-corrected chi connectivity index (χ4v) is 3.77. The highest BCUT2D eigenvalue weighted by Crippen LogP contribution is 2.23. The molecule has 0 radical (unpaired) electrons. The van der Waals surface area contributed by atoms with Crippen LogP contribution in [0.5, 0.6) is 0 Å². The summed E-state index contributed by atoms with van der Waals surface area (Å²) in [6.45, 7) is 1.87. The molecule has 0 aromatic heterocycles. The van der Waals surface area contributed by atoms with Gasteiger partial charge < -0.3 is 24.6 Å². The second kappa shape index (κ2) is 16.4. The summed E-state index contributed by atoms with van der Waals surface area (Å²) in [5.74, 6) is -2.26. The maximum Gasteiger partial charge on any atom is 0.323 e. The first-order valence-electron chi connectivity index (χ1n) is 11.9. The van der Waals surface area contributed by atoms with Gasteiger partial charge in [-0.15, -0.1) is 0 Å². The summed E-state index contributed by atoms with van der Waals surface area (Å²) in [6, 6.07) is -0.503. The number of carboxylic acids is 2. The number of unbranched alkanes of at least 4 members (excludes halogenated alkanes) is 5. The Morgan fingerprint density at radius 2 is 1.48 bits per heavy atom. The van der Waals surface area contributed by atoms with E-state index in [0.717, 1.165) is 19.3 Å². The first kappa shape index (κ1) is 28.8. The number of carbonyl (C=O) groups is 4. The van der Waals surface area contributed by atoms with E-state index in [-0.39, 0.29) is 37.3 Å². The Labute approximate surface area is 196 Å². The summed E-state index contributed by atoms with van der Waals surface area (Å²) in [6.07, 6.45) is 5.66. The first-order valence-corrected chi connectivity index (χ1v) is 11.9. The van der Waals surface area contributed by atoms with E-state index in [1.165, 1.54) is 0 Å². The van der Waals surface area contributed by atoms with Crippen molar-refractivity contribution in [2.75, 3.05) is 40.3 Å². The third kappa shape index (κ3) is 13.8. The van der Waals surface area contributed by atoms with E-state index in [1.54, 1.807) is 0 Å². The van der Waals surface area contributed by atoms with Gasteiger partial charge in [0.1, 0.15) is 12.1 Å². The third-order valence-electron chi connectivity index (χ3n) is 5.56. The Kier molecular flexibility index (Phi) is 14.3. The molecule has 1 rings (SSSR count). The van der Waals surface area contributed by atoms with Crippen LogP contribution in [0.2, 0.25) is 0 Å². The highest BCUT2D eigenvalue weighted by atomic mass is 16.5. The average Bonchev–Trinajstić information content (AvgIpc) is 3.13. The molecule has 1 aliphatic rings. The number of esters is 2. The largest absolute Gasteiger partial charge is 0.481 e. The molecule has 2 N–H and O–H groups in total. The molecule has 0 aliphatic carbocycles. The van der Waals surface area contributed by atoms with Crippen molar-refractivity contribution < 1.29 is 38.9 Å². The molecule has 1 heterocycles. The zero-order valence-electron chi connectivity index (χ0n) is 20.0. The van der Waals surface area contributed by atoms with Gasteiger partial charge in [-0.25, -0.2) is 0 Å². The Morgan fingerprint density at radius 1 is 0.879 bits per heavy atom. The zero-order valence-corrected chi connectivity index (χ0v) is 20.0. The first-order chi connectivity index (χ1) is 15.7. The van der Waals surface area contributed by atoms with E-state index < -0.39 is 18.0 Å². The van der Waals surface area contributed by atoms with Gasteiger partial charge in [0.2, 0.25) is 0 Å². The van der Waals surface area contributed by atoms with Gasteiger partial charge in [0.25, 0.3) is 0 Å². The molecule has 0 aromatic rings. The van der Waals surface area contributed by atoms with E-state index in [1.807, 2.05) is 23.9 Å². The maximum absolute atomic E-state index is 12.7. The van der Waals surface area contributed by atoms with E-state index in [2.05, 4.69) is 0 Å². The van der Waals surface area contributed by atoms with Crippen molar-refractivity contribution in [3.63, 3.8) is 0 Å². The van der Waals surface area contributed by atoms with Crippen molar-refractivity contribution in [2.45, 2.75) is 82.8 Å². The minimum atomic E-state index is -0.844. The number of nitrogens with zero attached hydrogens (tertiary/aromatic N) is 2. The molecule has 1 fully saturated rings. The fourth-order valence-electron chi connectivity index (χ4n) is 3.77. The van der Waals surface area contributed by atoms with Crippen LogP contribution in [0.1, 0.15) is 70.6 Å². The van der Waals surface area contributed by atoms with E-state index in [0.29, 0.717) is 58.3 Å². The Morgan fingerprint density at radius 3 is 2.12 bits per heavy atom. The summed E-state index contributed by atoms with van der Waals surface area (Å²) in [5, 5.41) is 17.4. The van der Waals surface area contributed by atoms with E-state index in [4.69, 9.17) is 19.7 Å². The van der Waals surface area contributed by atoms with Crippen LogP contribution in [-0.4, -0.2) is 96.4 Å². The lowest BCUT2D eigenvalue weighted by Gasteiger charge is -2.22. The number of rotatable bonds is 18. The van der Waals surface area contributed by atoms with Crippen molar-refractivity contribution in [1.29, 1.82) is 0 Å². The van der Waals surface area contributed by atoms with Gasteiger partial charge in [0.05, 0.1) is 13.0 Å². The molecule has 0 saturated carbocycles. The van der Waals surface area contributed by atoms with Crippen molar-refractivity contribution in [1.82, 2.24) is 9.80 Å². The predicted molar refractivity (Wildman–Crippen MR) is 121 cm³/mol. The lowest BCUT2D eigenvalue weighted by atomic mass is 10.1. The molecule has 1 unspecified atom stereocenters. The quantitative estimate of drug-likeness (QED) is 0.226. The molecule has 10 nitrogen and oxygen atoms in total. The van der Waals surface area contributed by atoms with Crippen molar-refractivity contribution in [3.05, 3.63) is 0 Å². The number of carbonyl (C=O) groups excluding carboxylic acids is 2. The molecule has 0 amide bonds. The van der Waals surface area contributed by atoms with Crippen LogP contribution in [0.3, 0.4) is 0 Å². The molecule has 10 heteroatoms. The Hall–Kier alpha value is -2.20. The number of carboxylic acid groups (broad SMARTS) is 2. The zero-order chi connectivity index (χ0) is 24.6. The van der Waals surface area contributed by atoms with Crippen molar-refractivity contribution >= 4 is 23.9 Å². The monoisotopic (exact) mass is 472 g/mol. The highest BCUT2D eigenvalue weighted by molar-refractivity contribution is 5.76. The van der Waals surface area contributed by atoms with Crippen LogP contribution in [0.4, 0.5) is 0 Å². The van der Waals surface area contributed by atoms with Gasteiger partial charge in [-0.3, -0.25) is 24.1 Å². The van der Waals surface area contributed by atoms with Gasteiger partial charge in [0.15, 0.2) is 0 Å². The highest BCUT2D eigenvalue weighted by Gasteiger charge is 2.39. The van der Waals surface area contributed by atoms with E-state index in [9.17, 15) is 19.2 Å². The smallest absolute Gasteiger partial charge is 0.323 e. The third-order valence-corrected chi connectivity index (χ3v) is 5.56. The summed E-state index contributed by atoms with van der Waals surface area (Å²) < 4.78 is 11.0. The van der Waals surface area contributed by atoms with Gasteiger partial charge in [-0.1, -0.05) is 19.3 Å². The lowest BCUT2D eigenvalue weighted by molar-refractivity contribution is -0.151. The molecule has 190 valence electrons. The summed E-state index contributed by atoms with van der Waals surface area (Å²) in [7, 11) is 3.76. The van der Waals surface area contributed by atoms with Gasteiger partial charge in [0, 0.05) is 32.4 Å². The van der Waals surface area contributed by atoms with E-state index >= 15 is 0 Å². The molecule has 0 aromatic carbocycles. The van der Waals surface area contributed by atoms with Crippen LogP contribution in [0.25, 0.3) is 0 Å². The van der Waals surface area contributed by atoms with Crippen LogP contribution in [-0.2, 0) is 28.7 Å². The van der Waals surface area contributed by atoms with Gasteiger partial charge >= 0.3 is 23.9 Å². The molecule has 2 atom stereocenters. The standard InChI is InChI=1S/C23H40N2O8/c1-24(2)14-12-22(30)33-18-16-19(25(17-18)13-8-7-11-21(28)29)23(31)32-15-9-5-3-4-6-10-20(26)27/h18-19H,3-17H2,1-2H3,(H,26,27)(H,28,29)/t18?,19-/m0/s1. The van der Waals surface area contributed by atoms with Gasteiger partial charge in [-0.05, 0) is 46.3 Å². The summed E-state index contributed by atoms with van der Waals surface area (Å²) in [5.41, 5.74) is 0. The van der Waals surface area contributed by atoms with Crippen LogP contribution >= 0.6 is 0 Å². The lowest BCUT2D eigenvalue weighted by Crippen LogP contribution is -2.38. The average molecular weight is 473 g/mol. The minimum Gasteiger partial charge on any atom is -0.481 e. The second-order valence-corrected chi connectivity index (χ2v) is 8.84. The molecular weight excluding hydrogens is 432 g/mol. The molecule has 33 heavy (non-hydrogen) atoms. The number of aliphatic carboxylic acids is 2. The number of hydrogen-bond acceptors (Lipinski definition) is 8. The molecule has 0 bridgehead atoms. The molecular formula is C23H40N2O8. The number of hydrogen-bond donors (Lipinski definition) is 2.